The molecule has 0 bridgehead atoms. The van der Waals surface area contributed by atoms with Crippen molar-refractivity contribution in [2.45, 2.75) is 51.4 Å². The van der Waals surface area contributed by atoms with E-state index in [0.29, 0.717) is 25.2 Å². The summed E-state index contributed by atoms with van der Waals surface area (Å²) < 4.78 is 36.8. The second-order valence-electron chi connectivity index (χ2n) is 5.22. The predicted octanol–water partition coefficient (Wildman–Crippen LogP) is 3.13. The number of halogens is 3. The second-order valence-corrected chi connectivity index (χ2v) is 6.61. The Balaban J connectivity index is 2.15. The van der Waals surface area contributed by atoms with Crippen molar-refractivity contribution in [2.24, 2.45) is 0 Å². The fourth-order valence-corrected chi connectivity index (χ4v) is 3.21. The van der Waals surface area contributed by atoms with E-state index in [0.717, 1.165) is 30.8 Å². The van der Waals surface area contributed by atoms with Crippen LogP contribution in [0.25, 0.3) is 0 Å². The summed E-state index contributed by atoms with van der Waals surface area (Å²) in [7, 11) is 0. The Hall–Kier alpha value is 0.0600. The van der Waals surface area contributed by atoms with Crippen molar-refractivity contribution in [2.75, 3.05) is 31.1 Å². The van der Waals surface area contributed by atoms with Gasteiger partial charge in [-0.25, -0.2) is 0 Å². The molecule has 1 aliphatic rings. The number of piperidine rings is 1. The highest BCUT2D eigenvalue weighted by Gasteiger charge is 2.32. The van der Waals surface area contributed by atoms with Crippen molar-refractivity contribution in [3.63, 3.8) is 0 Å². The average molecular weight is 298 g/mol. The van der Waals surface area contributed by atoms with Crippen LogP contribution in [0, 0.1) is 0 Å². The molecule has 0 aliphatic carbocycles. The summed E-state index contributed by atoms with van der Waals surface area (Å²) in [6.07, 6.45) is -1.30. The van der Waals surface area contributed by atoms with Crippen LogP contribution >= 0.6 is 11.8 Å². The van der Waals surface area contributed by atoms with E-state index in [1.165, 1.54) is 4.90 Å². The lowest BCUT2D eigenvalue weighted by Gasteiger charge is -2.34. The topological polar surface area (TPSA) is 15.3 Å². The van der Waals surface area contributed by atoms with Gasteiger partial charge >= 0.3 is 6.18 Å². The lowest BCUT2D eigenvalue weighted by molar-refractivity contribution is -0.148. The van der Waals surface area contributed by atoms with E-state index in [1.807, 2.05) is 11.8 Å². The maximum Gasteiger partial charge on any atom is 0.401 e. The van der Waals surface area contributed by atoms with Crippen molar-refractivity contribution >= 4 is 11.8 Å². The quantitative estimate of drug-likeness (QED) is 0.727. The van der Waals surface area contributed by atoms with Crippen molar-refractivity contribution in [3.05, 3.63) is 0 Å². The standard InChI is InChI=1S/C13H25F3N2S/c1-3-19-9-6-11(2)17-12-4-7-18(8-5-12)10-13(14,15)16/h11-12,17H,3-10H2,1-2H3. The first-order valence-corrected chi connectivity index (χ1v) is 8.19. The van der Waals surface area contributed by atoms with Gasteiger partial charge in [0, 0.05) is 12.1 Å². The van der Waals surface area contributed by atoms with Crippen molar-refractivity contribution in [1.82, 2.24) is 10.2 Å². The summed E-state index contributed by atoms with van der Waals surface area (Å²) in [4.78, 5) is 1.51. The van der Waals surface area contributed by atoms with Crippen LogP contribution in [0.3, 0.4) is 0 Å². The summed E-state index contributed by atoms with van der Waals surface area (Å²) in [5, 5.41) is 3.54. The summed E-state index contributed by atoms with van der Waals surface area (Å²) in [5.41, 5.74) is 0. The Morgan fingerprint density at radius 3 is 2.47 bits per heavy atom. The number of thioether (sulfide) groups is 1. The molecule has 2 nitrogen and oxygen atoms in total. The van der Waals surface area contributed by atoms with Gasteiger partial charge in [-0.3, -0.25) is 4.90 Å². The minimum absolute atomic E-state index is 0.381. The molecule has 0 spiro atoms. The van der Waals surface area contributed by atoms with Crippen LogP contribution < -0.4 is 5.32 Å². The number of alkyl halides is 3. The Labute approximate surface area is 118 Å². The summed E-state index contributed by atoms with van der Waals surface area (Å²) in [6, 6.07) is 0.837. The Kier molecular flexibility index (Phi) is 7.54. The molecule has 0 aromatic rings. The molecule has 0 aromatic carbocycles. The molecular formula is C13H25F3N2S. The molecule has 1 atom stereocenters. The van der Waals surface area contributed by atoms with Gasteiger partial charge in [-0.05, 0) is 50.8 Å². The van der Waals surface area contributed by atoms with E-state index in [9.17, 15) is 13.2 Å². The van der Waals surface area contributed by atoms with Crippen LogP contribution in [0.5, 0.6) is 0 Å². The maximum absolute atomic E-state index is 12.3. The smallest absolute Gasteiger partial charge is 0.311 e. The zero-order valence-electron chi connectivity index (χ0n) is 11.8. The molecular weight excluding hydrogens is 273 g/mol. The molecule has 1 fully saturated rings. The lowest BCUT2D eigenvalue weighted by atomic mass is 10.0. The molecule has 0 saturated carbocycles. The fourth-order valence-electron chi connectivity index (χ4n) is 2.40. The van der Waals surface area contributed by atoms with Gasteiger partial charge in [0.05, 0.1) is 6.54 Å². The molecule has 0 radical (unpaired) electrons. The first-order valence-electron chi connectivity index (χ1n) is 7.03. The molecule has 1 N–H and O–H groups in total. The molecule has 114 valence electrons. The van der Waals surface area contributed by atoms with E-state index in [1.54, 1.807) is 0 Å². The van der Waals surface area contributed by atoms with Gasteiger partial charge in [0.2, 0.25) is 0 Å². The van der Waals surface area contributed by atoms with Gasteiger partial charge < -0.3 is 5.32 Å². The molecule has 1 unspecified atom stereocenters. The van der Waals surface area contributed by atoms with Gasteiger partial charge in [-0.2, -0.15) is 24.9 Å². The van der Waals surface area contributed by atoms with Crippen molar-refractivity contribution < 1.29 is 13.2 Å². The minimum atomic E-state index is -4.06. The van der Waals surface area contributed by atoms with Crippen LogP contribution in [0.15, 0.2) is 0 Å². The van der Waals surface area contributed by atoms with Crippen molar-refractivity contribution in [1.29, 1.82) is 0 Å². The molecule has 1 saturated heterocycles. The van der Waals surface area contributed by atoms with Gasteiger partial charge in [0.15, 0.2) is 0 Å². The summed E-state index contributed by atoms with van der Waals surface area (Å²) in [5.74, 6) is 2.29. The van der Waals surface area contributed by atoms with E-state index in [4.69, 9.17) is 0 Å². The third-order valence-corrected chi connectivity index (χ3v) is 4.34. The molecule has 19 heavy (non-hydrogen) atoms. The van der Waals surface area contributed by atoms with Gasteiger partial charge in [0.25, 0.3) is 0 Å². The van der Waals surface area contributed by atoms with Crippen molar-refractivity contribution in [3.8, 4) is 0 Å². The first-order chi connectivity index (χ1) is 8.90. The largest absolute Gasteiger partial charge is 0.401 e. The van der Waals surface area contributed by atoms with Crippen LogP contribution in [-0.2, 0) is 0 Å². The average Bonchev–Trinajstić information content (AvgIpc) is 2.30. The summed E-state index contributed by atoms with van der Waals surface area (Å²) in [6.45, 7) is 4.65. The second kappa shape index (κ2) is 8.37. The first kappa shape index (κ1) is 17.1. The van der Waals surface area contributed by atoms with E-state index in [-0.39, 0.29) is 0 Å². The maximum atomic E-state index is 12.3. The third-order valence-electron chi connectivity index (χ3n) is 3.41. The highest BCUT2D eigenvalue weighted by atomic mass is 32.2. The molecule has 0 amide bonds. The lowest BCUT2D eigenvalue weighted by Crippen LogP contribution is -2.47. The van der Waals surface area contributed by atoms with Gasteiger partial charge in [-0.1, -0.05) is 6.92 Å². The van der Waals surface area contributed by atoms with E-state index >= 15 is 0 Å². The highest BCUT2D eigenvalue weighted by molar-refractivity contribution is 7.99. The number of nitrogens with one attached hydrogen (secondary N) is 1. The number of hydrogen-bond donors (Lipinski definition) is 1. The van der Waals surface area contributed by atoms with E-state index in [2.05, 4.69) is 19.2 Å². The number of rotatable bonds is 7. The van der Waals surface area contributed by atoms with E-state index < -0.39 is 12.7 Å². The fraction of sp³-hybridized carbons (Fsp3) is 1.00. The molecule has 1 aliphatic heterocycles. The van der Waals surface area contributed by atoms with Crippen LogP contribution in [-0.4, -0.2) is 54.3 Å². The zero-order valence-corrected chi connectivity index (χ0v) is 12.6. The van der Waals surface area contributed by atoms with Crippen LogP contribution in [0.2, 0.25) is 0 Å². The van der Waals surface area contributed by atoms with Gasteiger partial charge in [0.1, 0.15) is 0 Å². The molecule has 0 aromatic heterocycles. The molecule has 6 heteroatoms. The number of nitrogens with zero attached hydrogens (tertiary/aromatic N) is 1. The van der Waals surface area contributed by atoms with Crippen LogP contribution in [0.4, 0.5) is 13.2 Å². The Bertz CT molecular complexity index is 241. The molecule has 1 rings (SSSR count). The predicted molar refractivity (Wildman–Crippen MR) is 75.7 cm³/mol. The number of hydrogen-bond acceptors (Lipinski definition) is 3. The third kappa shape index (κ3) is 8.05. The van der Waals surface area contributed by atoms with Gasteiger partial charge in [-0.15, -0.1) is 0 Å². The number of likely N-dealkylation sites (tertiary alicyclic amines) is 1. The Morgan fingerprint density at radius 1 is 1.32 bits per heavy atom. The highest BCUT2D eigenvalue weighted by Crippen LogP contribution is 2.20. The SMILES string of the molecule is CCSCCC(C)NC1CCN(CC(F)(F)F)CC1. The van der Waals surface area contributed by atoms with Crippen LogP contribution in [0.1, 0.15) is 33.1 Å². The zero-order chi connectivity index (χ0) is 14.3. The Morgan fingerprint density at radius 2 is 1.95 bits per heavy atom. The normalized spacial score (nSPS) is 20.7. The monoisotopic (exact) mass is 298 g/mol. The molecule has 1 heterocycles. The summed E-state index contributed by atoms with van der Waals surface area (Å²) >= 11 is 1.93. The minimum Gasteiger partial charge on any atom is -0.311 e.